The molecule has 0 unspecified atom stereocenters. The molecular formula is C19H21ClN2OS. The highest BCUT2D eigenvalue weighted by Crippen LogP contribution is 2.48. The third-order valence-electron chi connectivity index (χ3n) is 4.97. The summed E-state index contributed by atoms with van der Waals surface area (Å²) in [6.45, 7) is 1.94. The van der Waals surface area contributed by atoms with Crippen LogP contribution in [0.3, 0.4) is 0 Å². The molecule has 1 aromatic carbocycles. The Kier molecular flexibility index (Phi) is 4.61. The monoisotopic (exact) mass is 360 g/mol. The highest BCUT2D eigenvalue weighted by atomic mass is 35.5. The zero-order valence-electron chi connectivity index (χ0n) is 13.5. The molecule has 1 aromatic heterocycles. The van der Waals surface area contributed by atoms with Gasteiger partial charge in [-0.25, -0.2) is 0 Å². The minimum atomic E-state index is 0.0826. The molecule has 0 spiro atoms. The minimum absolute atomic E-state index is 0.0826. The molecule has 2 aromatic rings. The molecule has 0 saturated heterocycles. The number of carbonyl (C=O) groups is 1. The van der Waals surface area contributed by atoms with Crippen LogP contribution in [0.15, 0.2) is 35.7 Å². The van der Waals surface area contributed by atoms with Crippen LogP contribution in [0.4, 0.5) is 0 Å². The molecule has 3 nitrogen and oxygen atoms in total. The van der Waals surface area contributed by atoms with E-state index in [2.05, 4.69) is 21.7 Å². The number of benzene rings is 1. The maximum atomic E-state index is 12.4. The molecule has 1 saturated carbocycles. The number of hydrogen-bond donors (Lipinski definition) is 1. The molecule has 5 heteroatoms. The Balaban J connectivity index is 1.39. The normalized spacial score (nSPS) is 20.6. The number of hydrogen-bond acceptors (Lipinski definition) is 3. The average Bonchev–Trinajstić information content (AvgIpc) is 3.30. The van der Waals surface area contributed by atoms with Crippen LogP contribution in [0.2, 0.25) is 5.02 Å². The summed E-state index contributed by atoms with van der Waals surface area (Å²) < 4.78 is 0. The van der Waals surface area contributed by atoms with Gasteiger partial charge in [-0.15, -0.1) is 11.3 Å². The fraction of sp³-hybridized carbons (Fsp3) is 0.421. The van der Waals surface area contributed by atoms with Crippen molar-refractivity contribution < 1.29 is 4.79 Å². The molecule has 1 amide bonds. The molecule has 1 atom stereocenters. The summed E-state index contributed by atoms with van der Waals surface area (Å²) in [6.07, 6.45) is 3.64. The lowest BCUT2D eigenvalue weighted by atomic mass is 9.96. The third kappa shape index (κ3) is 3.37. The van der Waals surface area contributed by atoms with E-state index in [1.807, 2.05) is 35.6 Å². The van der Waals surface area contributed by atoms with Crippen LogP contribution in [0.25, 0.3) is 0 Å². The summed E-state index contributed by atoms with van der Waals surface area (Å²) in [6, 6.07) is 10.4. The smallest absolute Gasteiger partial charge is 0.234 e. The molecule has 126 valence electrons. The van der Waals surface area contributed by atoms with Gasteiger partial charge in [0.05, 0.1) is 6.54 Å². The van der Waals surface area contributed by atoms with E-state index < -0.39 is 0 Å². The van der Waals surface area contributed by atoms with Gasteiger partial charge in [0.2, 0.25) is 5.91 Å². The molecule has 24 heavy (non-hydrogen) atoms. The predicted molar refractivity (Wildman–Crippen MR) is 98.4 cm³/mol. The van der Waals surface area contributed by atoms with Crippen molar-refractivity contribution in [2.24, 2.45) is 5.92 Å². The van der Waals surface area contributed by atoms with Gasteiger partial charge < -0.3 is 5.32 Å². The number of halogens is 1. The lowest BCUT2D eigenvalue weighted by Gasteiger charge is -2.35. The minimum Gasteiger partial charge on any atom is -0.351 e. The number of fused-ring (bicyclic) bond motifs is 1. The summed E-state index contributed by atoms with van der Waals surface area (Å²) in [5, 5.41) is 5.92. The number of nitrogens with one attached hydrogen (secondary N) is 1. The van der Waals surface area contributed by atoms with Gasteiger partial charge >= 0.3 is 0 Å². The van der Waals surface area contributed by atoms with E-state index in [-0.39, 0.29) is 5.91 Å². The first-order valence-electron chi connectivity index (χ1n) is 8.53. The van der Waals surface area contributed by atoms with Crippen molar-refractivity contribution in [1.82, 2.24) is 10.2 Å². The van der Waals surface area contributed by atoms with Gasteiger partial charge in [-0.05, 0) is 53.8 Å². The molecule has 1 aliphatic heterocycles. The van der Waals surface area contributed by atoms with Gasteiger partial charge in [0.1, 0.15) is 0 Å². The van der Waals surface area contributed by atoms with Gasteiger partial charge in [0.25, 0.3) is 0 Å². The number of thiophene rings is 1. The Hall–Kier alpha value is -1.36. The first kappa shape index (κ1) is 16.1. The van der Waals surface area contributed by atoms with E-state index in [1.54, 1.807) is 0 Å². The summed E-state index contributed by atoms with van der Waals surface area (Å²) in [5.41, 5.74) is 2.43. The number of rotatable bonds is 5. The largest absolute Gasteiger partial charge is 0.351 e. The van der Waals surface area contributed by atoms with Crippen molar-refractivity contribution in [3.05, 3.63) is 56.7 Å². The Bertz CT molecular complexity index is 740. The van der Waals surface area contributed by atoms with E-state index in [4.69, 9.17) is 11.6 Å². The Morgan fingerprint density at radius 2 is 2.12 bits per heavy atom. The van der Waals surface area contributed by atoms with Gasteiger partial charge in [0, 0.05) is 29.0 Å². The van der Waals surface area contributed by atoms with Gasteiger partial charge in [-0.3, -0.25) is 9.69 Å². The van der Waals surface area contributed by atoms with Gasteiger partial charge in [-0.2, -0.15) is 0 Å². The molecule has 1 aliphatic carbocycles. The second-order valence-electron chi connectivity index (χ2n) is 6.67. The van der Waals surface area contributed by atoms with Crippen molar-refractivity contribution >= 4 is 28.8 Å². The Morgan fingerprint density at radius 1 is 1.29 bits per heavy atom. The third-order valence-corrected chi connectivity index (χ3v) is 6.33. The molecule has 1 N–H and O–H groups in total. The van der Waals surface area contributed by atoms with E-state index in [0.717, 1.165) is 24.4 Å². The van der Waals surface area contributed by atoms with E-state index in [1.165, 1.54) is 23.3 Å². The van der Waals surface area contributed by atoms with Crippen LogP contribution in [0, 0.1) is 5.92 Å². The molecule has 0 radical (unpaired) electrons. The first-order valence-corrected chi connectivity index (χ1v) is 9.78. The van der Waals surface area contributed by atoms with Crippen molar-refractivity contribution in [3.8, 4) is 0 Å². The van der Waals surface area contributed by atoms with Crippen LogP contribution >= 0.6 is 22.9 Å². The van der Waals surface area contributed by atoms with Crippen molar-refractivity contribution in [1.29, 1.82) is 0 Å². The number of carbonyl (C=O) groups excluding carboxylic acids is 1. The lowest BCUT2D eigenvalue weighted by Crippen LogP contribution is -2.42. The summed E-state index contributed by atoms with van der Waals surface area (Å²) >= 11 is 8.02. The quantitative estimate of drug-likeness (QED) is 0.873. The van der Waals surface area contributed by atoms with E-state index in [0.29, 0.717) is 24.2 Å². The summed E-state index contributed by atoms with van der Waals surface area (Å²) in [7, 11) is 0. The van der Waals surface area contributed by atoms with Crippen LogP contribution in [-0.4, -0.2) is 23.9 Å². The first-order chi connectivity index (χ1) is 11.7. The maximum Gasteiger partial charge on any atom is 0.234 e. The lowest BCUT2D eigenvalue weighted by molar-refractivity contribution is -0.123. The molecule has 4 rings (SSSR count). The molecule has 2 aliphatic rings. The molecule has 2 heterocycles. The second kappa shape index (κ2) is 6.87. The number of nitrogens with zero attached hydrogens (tertiary/aromatic N) is 1. The van der Waals surface area contributed by atoms with E-state index in [9.17, 15) is 4.79 Å². The van der Waals surface area contributed by atoms with Crippen LogP contribution in [0.1, 0.15) is 34.9 Å². The fourth-order valence-electron chi connectivity index (χ4n) is 3.62. The van der Waals surface area contributed by atoms with Crippen LogP contribution in [0.5, 0.6) is 0 Å². The SMILES string of the molecule is O=C(CN1CCc2sccc2[C@H]1C1CC1)NCc1ccccc1Cl. The average molecular weight is 361 g/mol. The standard InChI is InChI=1S/C19H21ClN2OS/c20-16-4-2-1-3-14(16)11-21-18(23)12-22-9-7-17-15(8-10-24-17)19(22)13-5-6-13/h1-4,8,10,13,19H,5-7,9,11-12H2,(H,21,23)/t19-/m1/s1. The predicted octanol–water partition coefficient (Wildman–Crippen LogP) is 4.03. The zero-order chi connectivity index (χ0) is 16.5. The molecular weight excluding hydrogens is 340 g/mol. The van der Waals surface area contributed by atoms with Crippen molar-refractivity contribution in [2.75, 3.05) is 13.1 Å². The summed E-state index contributed by atoms with van der Waals surface area (Å²) in [4.78, 5) is 16.3. The summed E-state index contributed by atoms with van der Waals surface area (Å²) in [5.74, 6) is 0.814. The Labute approximate surface area is 151 Å². The van der Waals surface area contributed by atoms with Crippen LogP contribution in [-0.2, 0) is 17.8 Å². The Morgan fingerprint density at radius 3 is 2.92 bits per heavy atom. The molecule has 0 bridgehead atoms. The maximum absolute atomic E-state index is 12.4. The van der Waals surface area contributed by atoms with Gasteiger partial charge in [0.15, 0.2) is 0 Å². The second-order valence-corrected chi connectivity index (χ2v) is 8.08. The zero-order valence-corrected chi connectivity index (χ0v) is 15.1. The van der Waals surface area contributed by atoms with Gasteiger partial charge in [-0.1, -0.05) is 29.8 Å². The van der Waals surface area contributed by atoms with Crippen LogP contribution < -0.4 is 5.32 Å². The molecule has 1 fully saturated rings. The number of amides is 1. The van der Waals surface area contributed by atoms with Crippen molar-refractivity contribution in [3.63, 3.8) is 0 Å². The fourth-order valence-corrected chi connectivity index (χ4v) is 4.73. The highest BCUT2D eigenvalue weighted by molar-refractivity contribution is 7.10. The van der Waals surface area contributed by atoms with E-state index >= 15 is 0 Å². The topological polar surface area (TPSA) is 32.3 Å². The highest BCUT2D eigenvalue weighted by Gasteiger charge is 2.40. The van der Waals surface area contributed by atoms with Crippen molar-refractivity contribution in [2.45, 2.75) is 31.8 Å².